The zero-order valence-electron chi connectivity index (χ0n) is 14.6. The molecule has 0 radical (unpaired) electrons. The summed E-state index contributed by atoms with van der Waals surface area (Å²) in [6.07, 6.45) is 1.56. The van der Waals surface area contributed by atoms with Crippen LogP contribution in [-0.2, 0) is 11.3 Å². The number of carbonyl (C=O) groups is 1. The van der Waals surface area contributed by atoms with E-state index in [9.17, 15) is 4.79 Å². The van der Waals surface area contributed by atoms with E-state index < -0.39 is 0 Å². The maximum absolute atomic E-state index is 12.3. The fourth-order valence-corrected chi connectivity index (χ4v) is 3.60. The summed E-state index contributed by atoms with van der Waals surface area (Å²) in [5, 5.41) is 0. The third-order valence-electron chi connectivity index (χ3n) is 5.00. The van der Waals surface area contributed by atoms with E-state index in [1.54, 1.807) is 4.90 Å². The molecule has 0 N–H and O–H groups in total. The monoisotopic (exact) mass is 360 g/mol. The summed E-state index contributed by atoms with van der Waals surface area (Å²) in [6, 6.07) is 21.0. The van der Waals surface area contributed by atoms with E-state index in [1.807, 2.05) is 30.3 Å². The van der Waals surface area contributed by atoms with Gasteiger partial charge in [0.25, 0.3) is 0 Å². The Labute approximate surface area is 191 Å². The quantitative estimate of drug-likeness (QED) is 0.590. The minimum absolute atomic E-state index is 0. The first-order valence-electron chi connectivity index (χ1n) is 8.47. The average Bonchev–Trinajstić information content (AvgIpc) is 2.95. The second kappa shape index (κ2) is 8.33. The van der Waals surface area contributed by atoms with Crippen molar-refractivity contribution in [3.8, 4) is 0 Å². The maximum Gasteiger partial charge on any atom is 1.00 e. The Kier molecular flexibility index (Phi) is 6.36. The van der Waals surface area contributed by atoms with Gasteiger partial charge in [0.2, 0.25) is 0 Å². The molecule has 25 heavy (non-hydrogen) atoms. The van der Waals surface area contributed by atoms with Crippen molar-refractivity contribution in [1.29, 1.82) is 0 Å². The zero-order chi connectivity index (χ0) is 16.4. The van der Waals surface area contributed by atoms with Gasteiger partial charge in [0.1, 0.15) is 5.60 Å². The molecule has 1 spiro atoms. The summed E-state index contributed by atoms with van der Waals surface area (Å²) in [5.74, 6) is 0. The van der Waals surface area contributed by atoms with Crippen molar-refractivity contribution >= 4 is 11.8 Å². The fraction of sp³-hybridized carbons (Fsp3) is 0.350. The standard InChI is InChI=1S/C20H21N2O2.K/c23-19-22(18-9-5-2-6-10-18)16-20(24-19)11-13-21(14-12-20)15-17-7-3-1-4-8-17;/h1,3-10H,11-16H2;/q-1;+1. The molecule has 0 unspecified atom stereocenters. The first kappa shape index (κ1) is 19.1. The van der Waals surface area contributed by atoms with Gasteiger partial charge in [0.05, 0.1) is 6.54 Å². The summed E-state index contributed by atoms with van der Waals surface area (Å²) in [4.78, 5) is 16.5. The van der Waals surface area contributed by atoms with E-state index in [0.29, 0.717) is 6.54 Å². The van der Waals surface area contributed by atoms with E-state index in [1.165, 1.54) is 5.56 Å². The summed E-state index contributed by atoms with van der Waals surface area (Å²) in [5.41, 5.74) is 1.89. The molecule has 1 amide bonds. The number of rotatable bonds is 3. The van der Waals surface area contributed by atoms with Gasteiger partial charge in [0, 0.05) is 32.5 Å². The molecule has 5 heteroatoms. The van der Waals surface area contributed by atoms with Crippen molar-refractivity contribution in [2.75, 3.05) is 24.5 Å². The Morgan fingerprint density at radius 3 is 2.40 bits per heavy atom. The smallest absolute Gasteiger partial charge is 0.441 e. The molecule has 124 valence electrons. The zero-order valence-corrected chi connectivity index (χ0v) is 17.8. The number of hydrogen-bond donors (Lipinski definition) is 0. The summed E-state index contributed by atoms with van der Waals surface area (Å²) in [7, 11) is 0. The molecule has 0 bridgehead atoms. The first-order chi connectivity index (χ1) is 11.7. The van der Waals surface area contributed by atoms with Gasteiger partial charge >= 0.3 is 57.5 Å². The number of ether oxygens (including phenoxy) is 1. The van der Waals surface area contributed by atoms with E-state index in [-0.39, 0.29) is 63.1 Å². The minimum Gasteiger partial charge on any atom is -0.441 e. The van der Waals surface area contributed by atoms with Gasteiger partial charge < -0.3 is 4.74 Å². The molecule has 0 aliphatic carbocycles. The Morgan fingerprint density at radius 2 is 1.72 bits per heavy atom. The van der Waals surface area contributed by atoms with Crippen LogP contribution in [0.5, 0.6) is 0 Å². The third-order valence-corrected chi connectivity index (χ3v) is 5.00. The Balaban J connectivity index is 0.00000182. The van der Waals surface area contributed by atoms with Crippen LogP contribution in [0.4, 0.5) is 10.5 Å². The molecular formula is C20H21KN2O2. The van der Waals surface area contributed by atoms with Gasteiger partial charge in [-0.3, -0.25) is 9.80 Å². The van der Waals surface area contributed by atoms with E-state index in [4.69, 9.17) is 4.74 Å². The number of piperidine rings is 1. The molecule has 4 rings (SSSR count). The van der Waals surface area contributed by atoms with Crippen LogP contribution < -0.4 is 56.3 Å². The number of nitrogens with zero attached hydrogens (tertiary/aromatic N) is 2. The van der Waals surface area contributed by atoms with Crippen LogP contribution in [0.15, 0.2) is 54.6 Å². The Morgan fingerprint density at radius 1 is 1.04 bits per heavy atom. The normalized spacial score (nSPS) is 19.5. The largest absolute Gasteiger partial charge is 1.00 e. The first-order valence-corrected chi connectivity index (χ1v) is 8.47. The van der Waals surface area contributed by atoms with Crippen LogP contribution in [0, 0.1) is 6.07 Å². The molecule has 2 aliphatic rings. The molecule has 2 aromatic carbocycles. The van der Waals surface area contributed by atoms with Gasteiger partial charge in [-0.1, -0.05) is 36.0 Å². The van der Waals surface area contributed by atoms with Crippen LogP contribution >= 0.6 is 0 Å². The number of likely N-dealkylation sites (tertiary alicyclic amines) is 1. The predicted octanol–water partition coefficient (Wildman–Crippen LogP) is 0.482. The molecule has 0 saturated carbocycles. The van der Waals surface area contributed by atoms with Crippen molar-refractivity contribution in [3.63, 3.8) is 0 Å². The maximum atomic E-state index is 12.3. The predicted molar refractivity (Wildman–Crippen MR) is 92.8 cm³/mol. The summed E-state index contributed by atoms with van der Waals surface area (Å²) >= 11 is 0. The molecular weight excluding hydrogens is 339 g/mol. The van der Waals surface area contributed by atoms with Crippen LogP contribution in [0.25, 0.3) is 0 Å². The Bertz CT molecular complexity index is 700. The fourth-order valence-electron chi connectivity index (χ4n) is 3.60. The summed E-state index contributed by atoms with van der Waals surface area (Å²) in [6.45, 7) is 3.52. The van der Waals surface area contributed by atoms with E-state index in [2.05, 4.69) is 35.2 Å². The topological polar surface area (TPSA) is 32.8 Å². The van der Waals surface area contributed by atoms with Crippen LogP contribution in [0.3, 0.4) is 0 Å². The van der Waals surface area contributed by atoms with Crippen molar-refractivity contribution < 1.29 is 60.9 Å². The average molecular weight is 360 g/mol. The number of hydrogen-bond acceptors (Lipinski definition) is 3. The molecule has 2 saturated heterocycles. The summed E-state index contributed by atoms with van der Waals surface area (Å²) < 4.78 is 5.81. The van der Waals surface area contributed by atoms with Gasteiger partial charge in [0.15, 0.2) is 0 Å². The van der Waals surface area contributed by atoms with E-state index >= 15 is 0 Å². The molecule has 2 fully saturated rings. The molecule has 0 aromatic heterocycles. The molecule has 2 aromatic rings. The number of carbonyl (C=O) groups excluding carboxylic acids is 1. The molecule has 2 aliphatic heterocycles. The van der Waals surface area contributed by atoms with Crippen molar-refractivity contribution in [3.05, 3.63) is 66.2 Å². The van der Waals surface area contributed by atoms with Gasteiger partial charge in [-0.2, -0.15) is 18.2 Å². The van der Waals surface area contributed by atoms with Gasteiger partial charge in [-0.15, -0.1) is 12.1 Å². The van der Waals surface area contributed by atoms with Gasteiger partial charge in [-0.05, 0) is 5.56 Å². The van der Waals surface area contributed by atoms with E-state index in [0.717, 1.165) is 38.2 Å². The van der Waals surface area contributed by atoms with Crippen LogP contribution in [0.2, 0.25) is 0 Å². The third kappa shape index (κ3) is 4.35. The van der Waals surface area contributed by atoms with Crippen molar-refractivity contribution in [2.45, 2.75) is 25.0 Å². The second-order valence-electron chi connectivity index (χ2n) is 6.66. The Hall–Kier alpha value is -0.694. The number of anilines is 1. The number of amides is 1. The van der Waals surface area contributed by atoms with Crippen molar-refractivity contribution in [1.82, 2.24) is 4.90 Å². The van der Waals surface area contributed by atoms with Crippen molar-refractivity contribution in [2.24, 2.45) is 0 Å². The molecule has 0 atom stereocenters. The molecule has 4 nitrogen and oxygen atoms in total. The number of benzene rings is 2. The van der Waals surface area contributed by atoms with Gasteiger partial charge in [-0.25, -0.2) is 4.79 Å². The van der Waals surface area contributed by atoms with Crippen LogP contribution in [-0.4, -0.2) is 36.2 Å². The molecule has 2 heterocycles. The van der Waals surface area contributed by atoms with Crippen LogP contribution in [0.1, 0.15) is 18.4 Å². The SMILES string of the molecule is O=C1OC2(CCN(Cc3ccccc3)CC2)CN1c1cc[c-]cc1.[K+]. The minimum atomic E-state index is -0.330. The second-order valence-corrected chi connectivity index (χ2v) is 6.66.